The van der Waals surface area contributed by atoms with Gasteiger partial charge in [-0.25, -0.2) is 4.79 Å². The number of carbonyl (C=O) groups is 1. The highest BCUT2D eigenvalue weighted by Gasteiger charge is 2.75. The third-order valence-corrected chi connectivity index (χ3v) is 14.6. The summed E-state index contributed by atoms with van der Waals surface area (Å²) in [6.07, 6.45) is 13.1. The average Bonchev–Trinajstić information content (AvgIpc) is 2.82. The van der Waals surface area contributed by atoms with Crippen molar-refractivity contribution in [2.45, 2.75) is 145 Å². The number of esters is 1. The van der Waals surface area contributed by atoms with Gasteiger partial charge in [0.05, 0.1) is 24.9 Å². The van der Waals surface area contributed by atoms with Crippen molar-refractivity contribution in [3.8, 4) is 0 Å². The van der Waals surface area contributed by atoms with Gasteiger partial charge < -0.3 is 36.9 Å². The molecular formula is C35H64BrNO4. The van der Waals surface area contributed by atoms with Crippen molar-refractivity contribution in [3.05, 3.63) is 0 Å². The van der Waals surface area contributed by atoms with Gasteiger partial charge >= 0.3 is 5.97 Å². The molecule has 2 heterocycles. The van der Waals surface area contributed by atoms with Gasteiger partial charge in [-0.3, -0.25) is 0 Å². The van der Waals surface area contributed by atoms with Crippen molar-refractivity contribution in [1.82, 2.24) is 0 Å². The number of nitrogens with two attached hydrogens (primary N) is 1. The van der Waals surface area contributed by atoms with Gasteiger partial charge in [-0.05, 0) is 104 Å². The molecule has 1 spiro atoms. The molecule has 2 saturated heterocycles. The summed E-state index contributed by atoms with van der Waals surface area (Å²) in [6.45, 7) is 18.7. The normalized spacial score (nSPS) is 48.1. The van der Waals surface area contributed by atoms with Crippen LogP contribution in [0.1, 0.15) is 128 Å². The number of fused-ring (bicyclic) bond motifs is 7. The molecule has 0 amide bonds. The Labute approximate surface area is 262 Å². The van der Waals surface area contributed by atoms with Crippen LogP contribution in [-0.4, -0.2) is 48.6 Å². The Hall–Kier alpha value is -0.170. The topological polar surface area (TPSA) is 72.4 Å². The molecule has 2 aliphatic heterocycles. The summed E-state index contributed by atoms with van der Waals surface area (Å²) >= 11 is 0. The van der Waals surface area contributed by atoms with Crippen LogP contribution in [0.25, 0.3) is 0 Å². The van der Waals surface area contributed by atoms with Crippen LogP contribution in [0, 0.1) is 50.7 Å². The van der Waals surface area contributed by atoms with E-state index < -0.39 is 0 Å². The van der Waals surface area contributed by atoms with Crippen molar-refractivity contribution < 1.29 is 41.7 Å². The Morgan fingerprint density at radius 2 is 1.54 bits per heavy atom. The molecule has 3 N–H and O–H groups in total. The number of hydrogen-bond donors (Lipinski definition) is 2. The standard InChI is InChI=1S/C33H55NO4.2CH4.BrH/c1-28(2)14-16-33-17-15-31(6)21(26(33)27(28)38-33)8-9-23-30(5)12-11-24(37-25(36)20-34-18-19-35)29(3,4)22(30)10-13-32(23,31)7;;;/h21-24,26-27,34-35H,8-20H2,1-7H3;2*1H4;1H/t21?,22?,23?,24-,26?,27+,30-,31+,32+,33-;;;/m0.../s1. The van der Waals surface area contributed by atoms with E-state index >= 15 is 0 Å². The first kappa shape index (κ1) is 35.3. The smallest absolute Gasteiger partial charge is 0.361 e. The molecule has 0 radical (unpaired) electrons. The van der Waals surface area contributed by atoms with Gasteiger partial charge in [0, 0.05) is 11.3 Å². The zero-order valence-electron chi connectivity index (χ0n) is 25.8. The first-order chi connectivity index (χ1) is 17.8. The van der Waals surface area contributed by atoms with E-state index in [1.54, 1.807) is 0 Å². The Morgan fingerprint density at radius 3 is 2.20 bits per heavy atom. The zero-order valence-corrected chi connectivity index (χ0v) is 27.4. The summed E-state index contributed by atoms with van der Waals surface area (Å²) in [5.74, 6) is 2.77. The van der Waals surface area contributed by atoms with Gasteiger partial charge in [-0.1, -0.05) is 63.3 Å². The highest BCUT2D eigenvalue weighted by Crippen LogP contribution is 2.78. The van der Waals surface area contributed by atoms with Gasteiger partial charge in [-0.2, -0.15) is 0 Å². The van der Waals surface area contributed by atoms with Gasteiger partial charge in [0.15, 0.2) is 6.54 Å². The molecule has 2 bridgehead atoms. The molecule has 10 atom stereocenters. The molecule has 6 heteroatoms. The maximum absolute atomic E-state index is 12.6. The number of carbonyl (C=O) groups excluding carboxylic acids is 1. The molecule has 0 aromatic rings. The van der Waals surface area contributed by atoms with Crippen LogP contribution in [0.4, 0.5) is 0 Å². The summed E-state index contributed by atoms with van der Waals surface area (Å²) in [5, 5.41) is 10.9. The average molecular weight is 643 g/mol. The van der Waals surface area contributed by atoms with Gasteiger partial charge in [0.1, 0.15) is 6.10 Å². The molecule has 41 heavy (non-hydrogen) atoms. The number of aliphatic hydroxyl groups excluding tert-OH is 1. The van der Waals surface area contributed by atoms with Crippen LogP contribution in [0.2, 0.25) is 0 Å². The summed E-state index contributed by atoms with van der Waals surface area (Å²) < 4.78 is 12.9. The Bertz CT molecular complexity index is 966. The van der Waals surface area contributed by atoms with Gasteiger partial charge in [0.2, 0.25) is 0 Å². The molecular weight excluding hydrogens is 578 g/mol. The Kier molecular flexibility index (Phi) is 9.75. The van der Waals surface area contributed by atoms with E-state index in [0.717, 1.165) is 24.2 Å². The van der Waals surface area contributed by atoms with E-state index in [0.29, 0.717) is 46.8 Å². The second-order valence-electron chi connectivity index (χ2n) is 16.6. The van der Waals surface area contributed by atoms with E-state index in [4.69, 9.17) is 14.6 Å². The third-order valence-electron chi connectivity index (χ3n) is 14.6. The lowest BCUT2D eigenvalue weighted by molar-refractivity contribution is -0.646. The Balaban J connectivity index is 0.00000154. The molecule has 7 fully saturated rings. The maximum Gasteiger partial charge on any atom is 0.361 e. The highest BCUT2D eigenvalue weighted by atomic mass is 79.9. The number of rotatable bonds is 5. The molecule has 4 unspecified atom stereocenters. The molecule has 7 rings (SSSR count). The second-order valence-corrected chi connectivity index (χ2v) is 16.6. The maximum atomic E-state index is 12.6. The molecule has 5 nitrogen and oxygen atoms in total. The van der Waals surface area contributed by atoms with E-state index in [-0.39, 0.29) is 61.5 Å². The predicted molar refractivity (Wildman–Crippen MR) is 162 cm³/mol. The van der Waals surface area contributed by atoms with Crippen molar-refractivity contribution in [2.24, 2.45) is 50.7 Å². The molecule has 0 aromatic carbocycles. The Morgan fingerprint density at radius 1 is 0.854 bits per heavy atom. The number of hydrogen-bond acceptors (Lipinski definition) is 4. The predicted octanol–water partition coefficient (Wildman–Crippen LogP) is 3.37. The fourth-order valence-electron chi connectivity index (χ4n) is 12.3. The summed E-state index contributed by atoms with van der Waals surface area (Å²) in [4.78, 5) is 12.6. The number of halogens is 1. The molecule has 0 aromatic heterocycles. The molecule has 5 aliphatic carbocycles. The van der Waals surface area contributed by atoms with Crippen molar-refractivity contribution in [2.75, 3.05) is 19.7 Å². The second kappa shape index (κ2) is 11.3. The van der Waals surface area contributed by atoms with Crippen molar-refractivity contribution in [3.63, 3.8) is 0 Å². The minimum Gasteiger partial charge on any atom is -1.00 e. The van der Waals surface area contributed by atoms with Gasteiger partial charge in [0.25, 0.3) is 0 Å². The number of aliphatic hydroxyl groups is 1. The van der Waals surface area contributed by atoms with Crippen LogP contribution < -0.4 is 22.3 Å². The van der Waals surface area contributed by atoms with Crippen LogP contribution >= 0.6 is 0 Å². The van der Waals surface area contributed by atoms with E-state index in [2.05, 4.69) is 48.5 Å². The van der Waals surface area contributed by atoms with Crippen LogP contribution in [0.5, 0.6) is 0 Å². The highest BCUT2D eigenvalue weighted by molar-refractivity contribution is 5.70. The SMILES string of the molecule is C.C.CC1(C)CC[C@]23CC[C@]4(C)C(CCC5[C@@]6(C)CC[C@H](OC(=O)C[NH2+]CCO)C(C)(C)C6CC[C@]54C)C2[C@H]1O3.[Br-]. The van der Waals surface area contributed by atoms with Crippen molar-refractivity contribution >= 4 is 5.97 Å². The lowest BCUT2D eigenvalue weighted by Gasteiger charge is -2.77. The third kappa shape index (κ3) is 4.73. The largest absolute Gasteiger partial charge is 1.00 e. The van der Waals surface area contributed by atoms with Crippen LogP contribution in [0.15, 0.2) is 0 Å². The molecule has 240 valence electrons. The molecule has 7 aliphatic rings. The van der Waals surface area contributed by atoms with Gasteiger partial charge in [-0.15, -0.1) is 0 Å². The fourth-order valence-corrected chi connectivity index (χ4v) is 12.3. The van der Waals surface area contributed by atoms with Crippen LogP contribution in [0.3, 0.4) is 0 Å². The minimum absolute atomic E-state index is 0. The lowest BCUT2D eigenvalue weighted by Crippen LogP contribution is -3.00. The first-order valence-electron chi connectivity index (χ1n) is 16.1. The minimum atomic E-state index is -0.124. The summed E-state index contributed by atoms with van der Waals surface area (Å²) in [6, 6.07) is 0. The number of quaternary nitrogens is 1. The summed E-state index contributed by atoms with van der Waals surface area (Å²) in [7, 11) is 0. The monoisotopic (exact) mass is 641 g/mol. The number of ether oxygens (including phenoxy) is 2. The zero-order chi connectivity index (χ0) is 27.4. The van der Waals surface area contributed by atoms with E-state index in [9.17, 15) is 4.79 Å². The van der Waals surface area contributed by atoms with E-state index in [1.165, 1.54) is 57.8 Å². The van der Waals surface area contributed by atoms with E-state index in [1.807, 2.05) is 5.32 Å². The first-order valence-corrected chi connectivity index (χ1v) is 16.1. The quantitative estimate of drug-likeness (QED) is 0.357. The molecule has 5 saturated carbocycles. The van der Waals surface area contributed by atoms with Crippen LogP contribution in [-0.2, 0) is 14.3 Å². The van der Waals surface area contributed by atoms with Crippen molar-refractivity contribution in [1.29, 1.82) is 0 Å². The fraction of sp³-hybridized carbons (Fsp3) is 0.971. The summed E-state index contributed by atoms with van der Waals surface area (Å²) in [5.41, 5.74) is 1.57. The lowest BCUT2D eigenvalue weighted by atomic mass is 9.31.